The summed E-state index contributed by atoms with van der Waals surface area (Å²) in [4.78, 5) is 30.2. The summed E-state index contributed by atoms with van der Waals surface area (Å²) in [6.07, 6.45) is 1.47. The molecule has 2 aliphatic rings. The van der Waals surface area contributed by atoms with Gasteiger partial charge in [-0.15, -0.1) is 0 Å². The predicted octanol–water partition coefficient (Wildman–Crippen LogP) is 0.729. The van der Waals surface area contributed by atoms with E-state index in [2.05, 4.69) is 15.0 Å². The number of hydrogen-bond donors (Lipinski definition) is 4. The first kappa shape index (κ1) is 17.1. The summed E-state index contributed by atoms with van der Waals surface area (Å²) in [7, 11) is -4.57. The van der Waals surface area contributed by atoms with Crippen molar-refractivity contribution in [1.29, 1.82) is 0 Å². The lowest BCUT2D eigenvalue weighted by atomic mass is 9.91. The van der Waals surface area contributed by atoms with Crippen molar-refractivity contribution in [3.8, 4) is 0 Å². The summed E-state index contributed by atoms with van der Waals surface area (Å²) >= 11 is 5.89. The zero-order valence-electron chi connectivity index (χ0n) is 13.2. The quantitative estimate of drug-likeness (QED) is 0.437. The summed E-state index contributed by atoms with van der Waals surface area (Å²) in [5.74, 6) is -0.0706. The Morgan fingerprint density at radius 2 is 2.24 bits per heavy atom. The summed E-state index contributed by atoms with van der Waals surface area (Å²) in [5, 5.41) is 10.7. The number of nitrogen functional groups attached to an aromatic ring is 1. The number of aliphatic hydroxyl groups excluding tert-OH is 1. The Kier molecular flexibility index (Phi) is 3.67. The van der Waals surface area contributed by atoms with Crippen LogP contribution in [0.25, 0.3) is 11.2 Å². The molecule has 0 spiro atoms. The van der Waals surface area contributed by atoms with Crippen molar-refractivity contribution in [3.05, 3.63) is 11.6 Å². The molecule has 2 fully saturated rings. The number of anilines is 1. The van der Waals surface area contributed by atoms with Crippen LogP contribution in [-0.2, 0) is 9.09 Å². The molecule has 2 heterocycles. The Hall–Kier alpha value is -1.29. The van der Waals surface area contributed by atoms with Gasteiger partial charge in [-0.3, -0.25) is 4.52 Å². The maximum Gasteiger partial charge on any atom is 0.469 e. The van der Waals surface area contributed by atoms with E-state index in [1.807, 2.05) is 6.92 Å². The molecule has 0 aliphatic heterocycles. The molecule has 136 valence electrons. The fourth-order valence-corrected chi connectivity index (χ4v) is 4.78. The molecule has 2 aliphatic carbocycles. The molecule has 0 amide bonds. The summed E-state index contributed by atoms with van der Waals surface area (Å²) < 4.78 is 17.5. The minimum Gasteiger partial charge on any atom is -0.391 e. The number of phosphoric acid groups is 1. The molecule has 2 aromatic rings. The van der Waals surface area contributed by atoms with Gasteiger partial charge in [-0.1, -0.05) is 6.92 Å². The van der Waals surface area contributed by atoms with E-state index in [4.69, 9.17) is 31.6 Å². The first-order chi connectivity index (χ1) is 11.6. The summed E-state index contributed by atoms with van der Waals surface area (Å²) in [6, 6.07) is -0.356. The highest BCUT2D eigenvalue weighted by molar-refractivity contribution is 7.46. The molecule has 4 rings (SSSR count). The van der Waals surface area contributed by atoms with Gasteiger partial charge >= 0.3 is 7.82 Å². The second-order valence-corrected chi connectivity index (χ2v) is 8.36. The third-order valence-electron chi connectivity index (χ3n) is 5.60. The van der Waals surface area contributed by atoms with Gasteiger partial charge in [-0.05, 0) is 29.9 Å². The zero-order chi connectivity index (χ0) is 18.1. The second kappa shape index (κ2) is 5.35. The van der Waals surface area contributed by atoms with E-state index in [0.717, 1.165) is 0 Å². The van der Waals surface area contributed by atoms with E-state index in [1.54, 1.807) is 4.57 Å². The molecule has 0 saturated heterocycles. The van der Waals surface area contributed by atoms with Crippen LogP contribution in [-0.4, -0.2) is 47.1 Å². The maximum atomic E-state index is 11.0. The minimum absolute atomic E-state index is 0.0146. The normalized spacial score (nSPS) is 34.4. The molecular weight excluding hydrogens is 373 g/mol. The molecule has 25 heavy (non-hydrogen) atoms. The van der Waals surface area contributed by atoms with Crippen molar-refractivity contribution in [1.82, 2.24) is 19.5 Å². The molecule has 5 atom stereocenters. The van der Waals surface area contributed by atoms with Gasteiger partial charge in [0.05, 0.1) is 25.1 Å². The van der Waals surface area contributed by atoms with Crippen LogP contribution in [0, 0.1) is 17.3 Å². The molecule has 0 radical (unpaired) electrons. The van der Waals surface area contributed by atoms with Crippen molar-refractivity contribution in [2.45, 2.75) is 25.5 Å². The van der Waals surface area contributed by atoms with Crippen LogP contribution in [0.1, 0.15) is 19.4 Å². The topological polar surface area (TPSA) is 157 Å². The molecular formula is C13H17ClN5O5P. The minimum atomic E-state index is -4.57. The van der Waals surface area contributed by atoms with Gasteiger partial charge in [0.15, 0.2) is 11.5 Å². The maximum absolute atomic E-state index is 11.0. The van der Waals surface area contributed by atoms with Gasteiger partial charge in [0.25, 0.3) is 0 Å². The van der Waals surface area contributed by atoms with Gasteiger partial charge < -0.3 is 25.2 Å². The predicted molar refractivity (Wildman–Crippen MR) is 87.5 cm³/mol. The summed E-state index contributed by atoms with van der Waals surface area (Å²) in [5.41, 5.74) is 6.16. The van der Waals surface area contributed by atoms with Crippen molar-refractivity contribution < 1.29 is 24.0 Å². The van der Waals surface area contributed by atoms with Crippen molar-refractivity contribution in [2.75, 3.05) is 12.3 Å². The number of phosphoric ester groups is 1. The average Bonchev–Trinajstić information content (AvgIpc) is 3.01. The SMILES string of the molecule is C[C@H]1[C@@H](O)C(n2cnc3c(N)nc(Cl)nc32)[C@H]2C[C@]21COP(=O)(O)O. The number of aliphatic hydroxyl groups is 1. The van der Waals surface area contributed by atoms with Gasteiger partial charge in [-0.2, -0.15) is 9.97 Å². The van der Waals surface area contributed by atoms with Crippen molar-refractivity contribution >= 4 is 36.4 Å². The van der Waals surface area contributed by atoms with Crippen LogP contribution in [0.4, 0.5) is 5.82 Å². The molecule has 0 aromatic carbocycles. The number of halogens is 1. The summed E-state index contributed by atoms with van der Waals surface area (Å²) in [6.45, 7) is 1.74. The van der Waals surface area contributed by atoms with Crippen LogP contribution in [0.15, 0.2) is 6.33 Å². The Labute approximate surface area is 147 Å². The van der Waals surface area contributed by atoms with E-state index in [-0.39, 0.29) is 35.6 Å². The third kappa shape index (κ3) is 2.56. The second-order valence-electron chi connectivity index (χ2n) is 6.78. The fraction of sp³-hybridized carbons (Fsp3) is 0.615. The number of nitrogens with two attached hydrogens (primary N) is 1. The van der Waals surface area contributed by atoms with E-state index >= 15 is 0 Å². The van der Waals surface area contributed by atoms with Crippen LogP contribution in [0.3, 0.4) is 0 Å². The Bertz CT molecular complexity index is 902. The van der Waals surface area contributed by atoms with Gasteiger partial charge in [0.1, 0.15) is 5.52 Å². The Morgan fingerprint density at radius 1 is 1.52 bits per heavy atom. The number of fused-ring (bicyclic) bond motifs is 2. The highest BCUT2D eigenvalue weighted by atomic mass is 35.5. The number of imidazole rings is 1. The number of aromatic nitrogens is 4. The number of nitrogens with zero attached hydrogens (tertiary/aromatic N) is 4. The number of hydrogen-bond acceptors (Lipinski definition) is 7. The van der Waals surface area contributed by atoms with Crippen LogP contribution >= 0.6 is 19.4 Å². The lowest BCUT2D eigenvalue weighted by Gasteiger charge is -2.25. The largest absolute Gasteiger partial charge is 0.469 e. The van der Waals surface area contributed by atoms with E-state index < -0.39 is 19.3 Å². The standard InChI is InChI=1S/C13H17ClN5O5P/c1-5-9(20)8(6-2-13(5,6)3-24-25(21,22)23)19-4-16-7-10(15)17-12(14)18-11(7)19/h4-6,8-9,20H,2-3H2,1H3,(H2,15,17,18)(H2,21,22,23)/t5-,6+,8?,9+,13+/m0/s1. The highest BCUT2D eigenvalue weighted by Crippen LogP contribution is 2.71. The average molecular weight is 390 g/mol. The van der Waals surface area contributed by atoms with Crippen LogP contribution in [0.5, 0.6) is 0 Å². The van der Waals surface area contributed by atoms with E-state index in [1.165, 1.54) is 6.33 Å². The van der Waals surface area contributed by atoms with E-state index in [9.17, 15) is 9.67 Å². The first-order valence-corrected chi connectivity index (χ1v) is 9.58. The molecule has 10 nitrogen and oxygen atoms in total. The monoisotopic (exact) mass is 389 g/mol. The van der Waals surface area contributed by atoms with E-state index in [0.29, 0.717) is 17.6 Å². The molecule has 2 saturated carbocycles. The lowest BCUT2D eigenvalue weighted by molar-refractivity contribution is 0.0538. The highest BCUT2D eigenvalue weighted by Gasteiger charge is 2.70. The van der Waals surface area contributed by atoms with Crippen LogP contribution in [0.2, 0.25) is 5.28 Å². The molecule has 0 bridgehead atoms. The molecule has 1 unspecified atom stereocenters. The Balaban J connectivity index is 1.70. The molecule has 5 N–H and O–H groups in total. The van der Waals surface area contributed by atoms with Gasteiger partial charge in [0, 0.05) is 5.41 Å². The lowest BCUT2D eigenvalue weighted by Crippen LogP contribution is -2.29. The fourth-order valence-electron chi connectivity index (χ4n) is 4.20. The molecule has 12 heteroatoms. The van der Waals surface area contributed by atoms with Crippen LogP contribution < -0.4 is 5.73 Å². The third-order valence-corrected chi connectivity index (χ3v) is 6.24. The van der Waals surface area contributed by atoms with Gasteiger partial charge in [-0.25, -0.2) is 9.55 Å². The Morgan fingerprint density at radius 3 is 2.92 bits per heavy atom. The molecule has 2 aromatic heterocycles. The first-order valence-electron chi connectivity index (χ1n) is 7.68. The zero-order valence-corrected chi connectivity index (χ0v) is 14.8. The van der Waals surface area contributed by atoms with Crippen molar-refractivity contribution in [2.24, 2.45) is 17.3 Å². The van der Waals surface area contributed by atoms with Gasteiger partial charge in [0.2, 0.25) is 5.28 Å². The number of rotatable bonds is 4. The smallest absolute Gasteiger partial charge is 0.391 e. The van der Waals surface area contributed by atoms with Crippen molar-refractivity contribution in [3.63, 3.8) is 0 Å².